The Morgan fingerprint density at radius 1 is 1.43 bits per heavy atom. The number of amides is 1. The van der Waals surface area contributed by atoms with Crippen LogP contribution in [0.15, 0.2) is 24.3 Å². The summed E-state index contributed by atoms with van der Waals surface area (Å²) in [7, 11) is 0. The minimum atomic E-state index is -0.363. The maximum atomic E-state index is 12.1. The zero-order chi connectivity index (χ0) is 16.4. The van der Waals surface area contributed by atoms with Crippen LogP contribution < -0.4 is 5.32 Å². The summed E-state index contributed by atoms with van der Waals surface area (Å²) in [6, 6.07) is 7.35. The van der Waals surface area contributed by atoms with Crippen molar-refractivity contribution in [2.75, 3.05) is 6.61 Å². The van der Waals surface area contributed by atoms with Crippen LogP contribution in [-0.2, 0) is 20.9 Å². The maximum absolute atomic E-state index is 12.1. The zero-order valence-corrected chi connectivity index (χ0v) is 13.4. The number of imidazole rings is 1. The van der Waals surface area contributed by atoms with E-state index in [-0.39, 0.29) is 30.4 Å². The predicted molar refractivity (Wildman–Crippen MR) is 85.9 cm³/mol. The number of ether oxygens (including phenoxy) is 1. The Kier molecular flexibility index (Phi) is 4.43. The lowest BCUT2D eigenvalue weighted by molar-refractivity contribution is -0.130. The van der Waals surface area contributed by atoms with Gasteiger partial charge in [-0.3, -0.25) is 9.59 Å². The number of hydrogen-bond donors (Lipinski definition) is 1. The molecule has 1 aliphatic heterocycles. The van der Waals surface area contributed by atoms with Gasteiger partial charge in [0.2, 0.25) is 5.91 Å². The van der Waals surface area contributed by atoms with E-state index in [0.717, 1.165) is 23.9 Å². The molecule has 0 spiro atoms. The molecule has 2 unspecified atom stereocenters. The van der Waals surface area contributed by atoms with Crippen molar-refractivity contribution in [1.29, 1.82) is 0 Å². The van der Waals surface area contributed by atoms with Crippen LogP contribution in [0.25, 0.3) is 11.0 Å². The Morgan fingerprint density at radius 3 is 2.91 bits per heavy atom. The van der Waals surface area contributed by atoms with Crippen molar-refractivity contribution in [1.82, 2.24) is 14.9 Å². The van der Waals surface area contributed by atoms with Crippen LogP contribution in [0, 0.1) is 0 Å². The molecule has 3 rings (SSSR count). The van der Waals surface area contributed by atoms with Crippen molar-refractivity contribution >= 4 is 22.7 Å². The van der Waals surface area contributed by atoms with Crippen molar-refractivity contribution in [2.24, 2.45) is 0 Å². The fraction of sp³-hybridized carbons (Fsp3) is 0.471. The second-order valence-electron chi connectivity index (χ2n) is 5.89. The zero-order valence-electron chi connectivity index (χ0n) is 13.4. The summed E-state index contributed by atoms with van der Waals surface area (Å²) in [5.41, 5.74) is 1.72. The molecule has 2 atom stereocenters. The first kappa shape index (κ1) is 15.7. The minimum absolute atomic E-state index is 0.0554. The topological polar surface area (TPSA) is 73.2 Å². The smallest absolute Gasteiger partial charge is 0.249 e. The molecule has 1 fully saturated rings. The summed E-state index contributed by atoms with van der Waals surface area (Å²) in [4.78, 5) is 28.5. The molecule has 0 bridgehead atoms. The number of para-hydroxylation sites is 2. The molecule has 0 aliphatic carbocycles. The van der Waals surface area contributed by atoms with E-state index in [0.29, 0.717) is 12.4 Å². The van der Waals surface area contributed by atoms with Crippen molar-refractivity contribution in [3.05, 3.63) is 30.1 Å². The van der Waals surface area contributed by atoms with E-state index in [1.165, 1.54) is 0 Å². The van der Waals surface area contributed by atoms with Gasteiger partial charge < -0.3 is 14.6 Å². The number of Topliss-reactive ketones (excluding diaryl/α,β-unsaturated/α-hetero) is 1. The first-order valence-corrected chi connectivity index (χ1v) is 7.93. The fourth-order valence-corrected chi connectivity index (χ4v) is 2.90. The van der Waals surface area contributed by atoms with Gasteiger partial charge in [0.15, 0.2) is 5.78 Å². The van der Waals surface area contributed by atoms with Gasteiger partial charge in [0.1, 0.15) is 11.9 Å². The fourth-order valence-electron chi connectivity index (χ4n) is 2.90. The van der Waals surface area contributed by atoms with Gasteiger partial charge in [-0.05, 0) is 38.8 Å². The number of fused-ring (bicyclic) bond motifs is 1. The number of carbonyl (C=O) groups is 2. The molecule has 0 saturated carbocycles. The van der Waals surface area contributed by atoms with Gasteiger partial charge in [0.25, 0.3) is 0 Å². The van der Waals surface area contributed by atoms with E-state index in [1.54, 1.807) is 6.92 Å². The molecule has 1 aromatic carbocycles. The third kappa shape index (κ3) is 3.12. The number of ketones is 1. The van der Waals surface area contributed by atoms with Crippen molar-refractivity contribution in [2.45, 2.75) is 45.4 Å². The van der Waals surface area contributed by atoms with E-state index in [2.05, 4.69) is 10.3 Å². The standard InChI is InChI=1S/C17H21N3O3/c1-11(12(2)21)20-14-7-4-3-6-13(14)19-16(20)10-18-17(22)15-8-5-9-23-15/h3-4,6-7,11,15H,5,8-10H2,1-2H3,(H,18,22). The SMILES string of the molecule is CC(=O)C(C)n1c(CNC(=O)C2CCCO2)nc2ccccc21. The van der Waals surface area contributed by atoms with Crippen LogP contribution in [0.5, 0.6) is 0 Å². The Bertz CT molecular complexity index is 732. The number of carbonyl (C=O) groups excluding carboxylic acids is 2. The third-order valence-corrected chi connectivity index (χ3v) is 4.29. The summed E-state index contributed by atoms with van der Waals surface area (Å²) in [6.45, 7) is 4.33. The predicted octanol–water partition coefficient (Wildman–Crippen LogP) is 1.98. The third-order valence-electron chi connectivity index (χ3n) is 4.29. The van der Waals surface area contributed by atoms with Crippen molar-refractivity contribution in [3.63, 3.8) is 0 Å². The Morgan fingerprint density at radius 2 is 2.22 bits per heavy atom. The molecule has 1 N–H and O–H groups in total. The second-order valence-corrected chi connectivity index (χ2v) is 5.89. The van der Waals surface area contributed by atoms with E-state index < -0.39 is 0 Å². The molecular formula is C17H21N3O3. The van der Waals surface area contributed by atoms with Crippen molar-refractivity contribution in [3.8, 4) is 0 Å². The van der Waals surface area contributed by atoms with Gasteiger partial charge in [-0.25, -0.2) is 4.98 Å². The lowest BCUT2D eigenvalue weighted by Gasteiger charge is -2.16. The van der Waals surface area contributed by atoms with E-state index in [9.17, 15) is 9.59 Å². The summed E-state index contributed by atoms with van der Waals surface area (Å²) >= 11 is 0. The van der Waals surface area contributed by atoms with Crippen LogP contribution in [0.4, 0.5) is 0 Å². The highest BCUT2D eigenvalue weighted by Crippen LogP contribution is 2.22. The van der Waals surface area contributed by atoms with Gasteiger partial charge in [-0.1, -0.05) is 12.1 Å². The molecule has 2 heterocycles. The van der Waals surface area contributed by atoms with Crippen LogP contribution >= 0.6 is 0 Å². The van der Waals surface area contributed by atoms with Crippen LogP contribution in [-0.4, -0.2) is 34.0 Å². The monoisotopic (exact) mass is 315 g/mol. The molecule has 23 heavy (non-hydrogen) atoms. The number of hydrogen-bond acceptors (Lipinski definition) is 4. The first-order valence-electron chi connectivity index (χ1n) is 7.93. The van der Waals surface area contributed by atoms with E-state index >= 15 is 0 Å². The molecular weight excluding hydrogens is 294 g/mol. The Hall–Kier alpha value is -2.21. The molecule has 1 saturated heterocycles. The minimum Gasteiger partial charge on any atom is -0.368 e. The summed E-state index contributed by atoms with van der Waals surface area (Å²) in [5.74, 6) is 0.622. The second kappa shape index (κ2) is 6.50. The first-order chi connectivity index (χ1) is 11.1. The molecule has 2 aromatic rings. The number of nitrogens with one attached hydrogen (secondary N) is 1. The molecule has 1 amide bonds. The van der Waals surface area contributed by atoms with Gasteiger partial charge >= 0.3 is 0 Å². The Labute approximate surface area is 134 Å². The number of aromatic nitrogens is 2. The molecule has 0 radical (unpaired) electrons. The Balaban J connectivity index is 1.85. The average molecular weight is 315 g/mol. The highest BCUT2D eigenvalue weighted by molar-refractivity contribution is 5.84. The van der Waals surface area contributed by atoms with Gasteiger partial charge in [0, 0.05) is 6.61 Å². The quantitative estimate of drug-likeness (QED) is 0.915. The van der Waals surface area contributed by atoms with Gasteiger partial charge in [-0.2, -0.15) is 0 Å². The van der Waals surface area contributed by atoms with Crippen LogP contribution in [0.1, 0.15) is 38.6 Å². The number of benzene rings is 1. The van der Waals surface area contributed by atoms with Crippen LogP contribution in [0.3, 0.4) is 0 Å². The molecule has 1 aromatic heterocycles. The van der Waals surface area contributed by atoms with E-state index in [1.807, 2.05) is 35.8 Å². The number of rotatable bonds is 5. The largest absolute Gasteiger partial charge is 0.368 e. The number of nitrogens with zero attached hydrogens (tertiary/aromatic N) is 2. The summed E-state index contributed by atoms with van der Waals surface area (Å²) < 4.78 is 7.28. The lowest BCUT2D eigenvalue weighted by Crippen LogP contribution is -2.34. The highest BCUT2D eigenvalue weighted by Gasteiger charge is 2.24. The molecule has 122 valence electrons. The average Bonchev–Trinajstić information content (AvgIpc) is 3.19. The van der Waals surface area contributed by atoms with Crippen molar-refractivity contribution < 1.29 is 14.3 Å². The van der Waals surface area contributed by atoms with Gasteiger partial charge in [-0.15, -0.1) is 0 Å². The normalized spacial score (nSPS) is 19.0. The highest BCUT2D eigenvalue weighted by atomic mass is 16.5. The summed E-state index contributed by atoms with van der Waals surface area (Å²) in [5, 5.41) is 2.88. The lowest BCUT2D eigenvalue weighted by atomic mass is 10.2. The van der Waals surface area contributed by atoms with Crippen LogP contribution in [0.2, 0.25) is 0 Å². The molecule has 6 nitrogen and oxygen atoms in total. The summed E-state index contributed by atoms with van der Waals surface area (Å²) in [6.07, 6.45) is 1.31. The molecule has 1 aliphatic rings. The van der Waals surface area contributed by atoms with Gasteiger partial charge in [0.05, 0.1) is 23.6 Å². The maximum Gasteiger partial charge on any atom is 0.249 e. The van der Waals surface area contributed by atoms with E-state index in [4.69, 9.17) is 4.74 Å². The molecule has 6 heteroatoms.